The number of esters is 1. The molecule has 0 N–H and O–H groups in total. The van der Waals surface area contributed by atoms with Crippen LogP contribution >= 0.6 is 22.9 Å². The average Bonchev–Trinajstić information content (AvgIpc) is 3.12. The molecule has 2 heterocycles. The van der Waals surface area contributed by atoms with Crippen LogP contribution in [0, 0.1) is 0 Å². The summed E-state index contributed by atoms with van der Waals surface area (Å²) >= 11 is 6.94. The number of carbonyl (C=O) groups is 2. The van der Waals surface area contributed by atoms with Crippen molar-refractivity contribution in [3.63, 3.8) is 0 Å². The third kappa shape index (κ3) is 2.87. The number of carbonyl (C=O) groups excluding carboxylic acids is 2. The number of thiophene rings is 1. The van der Waals surface area contributed by atoms with Gasteiger partial charge in [0.05, 0.1) is 4.34 Å². The van der Waals surface area contributed by atoms with Gasteiger partial charge in [-0.15, -0.1) is 11.3 Å². The highest BCUT2D eigenvalue weighted by molar-refractivity contribution is 7.17. The first-order valence-corrected chi connectivity index (χ1v) is 8.11. The molecule has 0 radical (unpaired) electrons. The van der Waals surface area contributed by atoms with E-state index in [1.54, 1.807) is 24.0 Å². The minimum absolute atomic E-state index is 0.207. The van der Waals surface area contributed by atoms with Crippen LogP contribution < -0.4 is 4.90 Å². The number of benzene rings is 1. The Labute approximate surface area is 137 Å². The van der Waals surface area contributed by atoms with Gasteiger partial charge < -0.3 is 9.64 Å². The van der Waals surface area contributed by atoms with Crippen LogP contribution in [0.25, 0.3) is 0 Å². The molecule has 1 unspecified atom stereocenters. The van der Waals surface area contributed by atoms with Gasteiger partial charge in [-0.2, -0.15) is 0 Å². The lowest BCUT2D eigenvalue weighted by atomic mass is 10.2. The first-order valence-electron chi connectivity index (χ1n) is 6.92. The fraction of sp³-hybridized carbons (Fsp3) is 0.250. The van der Waals surface area contributed by atoms with Crippen molar-refractivity contribution < 1.29 is 14.3 Å². The molecule has 0 saturated heterocycles. The maximum atomic E-state index is 12.5. The smallest absolute Gasteiger partial charge is 0.349 e. The molecule has 0 fully saturated rings. The topological polar surface area (TPSA) is 46.6 Å². The van der Waals surface area contributed by atoms with Gasteiger partial charge in [0.1, 0.15) is 4.88 Å². The molecular weight excluding hydrogens is 322 g/mol. The van der Waals surface area contributed by atoms with Crippen LogP contribution in [0.3, 0.4) is 0 Å². The zero-order chi connectivity index (χ0) is 15.7. The number of hydrogen-bond acceptors (Lipinski definition) is 4. The number of para-hydroxylation sites is 1. The molecule has 1 aromatic carbocycles. The normalized spacial score (nSPS) is 14.5. The van der Waals surface area contributed by atoms with Gasteiger partial charge in [0, 0.05) is 12.2 Å². The number of halogens is 1. The number of hydrogen-bond donors (Lipinski definition) is 0. The van der Waals surface area contributed by atoms with E-state index in [0.29, 0.717) is 15.8 Å². The van der Waals surface area contributed by atoms with Crippen molar-refractivity contribution in [2.75, 3.05) is 11.4 Å². The Morgan fingerprint density at radius 2 is 2.05 bits per heavy atom. The standard InChI is InChI=1S/C16H14ClNO3S/c1-10(21-16(20)13-6-7-14(17)22-13)15(19)18-9-8-11-4-2-3-5-12(11)18/h2-7,10H,8-9H2,1H3. The molecule has 0 spiro atoms. The van der Waals surface area contributed by atoms with E-state index in [2.05, 4.69) is 0 Å². The van der Waals surface area contributed by atoms with Crippen LogP contribution in [0.5, 0.6) is 0 Å². The van der Waals surface area contributed by atoms with Gasteiger partial charge in [-0.25, -0.2) is 4.79 Å². The van der Waals surface area contributed by atoms with Crippen molar-refractivity contribution in [3.8, 4) is 0 Å². The summed E-state index contributed by atoms with van der Waals surface area (Å²) in [4.78, 5) is 26.6. The van der Waals surface area contributed by atoms with Gasteiger partial charge in [0.25, 0.3) is 5.91 Å². The molecule has 1 atom stereocenters. The summed E-state index contributed by atoms with van der Waals surface area (Å²) in [5, 5.41) is 0. The Bertz CT molecular complexity index is 728. The highest BCUT2D eigenvalue weighted by atomic mass is 35.5. The van der Waals surface area contributed by atoms with Crippen LogP contribution in [0.1, 0.15) is 22.2 Å². The fourth-order valence-corrected chi connectivity index (χ4v) is 3.41. The number of nitrogens with zero attached hydrogens (tertiary/aromatic N) is 1. The Kier molecular flexibility index (Phi) is 4.18. The second-order valence-electron chi connectivity index (χ2n) is 5.02. The molecule has 3 rings (SSSR count). The van der Waals surface area contributed by atoms with Gasteiger partial charge >= 0.3 is 5.97 Å². The highest BCUT2D eigenvalue weighted by Crippen LogP contribution is 2.28. The Morgan fingerprint density at radius 3 is 2.77 bits per heavy atom. The summed E-state index contributed by atoms with van der Waals surface area (Å²) in [6, 6.07) is 11.0. The number of fused-ring (bicyclic) bond motifs is 1. The lowest BCUT2D eigenvalue weighted by molar-refractivity contribution is -0.126. The summed E-state index contributed by atoms with van der Waals surface area (Å²) < 4.78 is 5.77. The van der Waals surface area contributed by atoms with E-state index >= 15 is 0 Å². The van der Waals surface area contributed by atoms with E-state index in [9.17, 15) is 9.59 Å². The molecule has 0 saturated carbocycles. The van der Waals surface area contributed by atoms with Crippen molar-refractivity contribution in [1.29, 1.82) is 0 Å². The van der Waals surface area contributed by atoms with Crippen molar-refractivity contribution in [1.82, 2.24) is 0 Å². The molecular formula is C16H14ClNO3S. The van der Waals surface area contributed by atoms with E-state index < -0.39 is 12.1 Å². The summed E-state index contributed by atoms with van der Waals surface area (Å²) in [6.07, 6.45) is -0.0112. The zero-order valence-corrected chi connectivity index (χ0v) is 13.5. The highest BCUT2D eigenvalue weighted by Gasteiger charge is 2.30. The Morgan fingerprint density at radius 1 is 1.27 bits per heavy atom. The van der Waals surface area contributed by atoms with Crippen LogP contribution in [0.2, 0.25) is 4.34 Å². The maximum absolute atomic E-state index is 12.5. The first-order chi connectivity index (χ1) is 10.6. The monoisotopic (exact) mass is 335 g/mol. The lowest BCUT2D eigenvalue weighted by Gasteiger charge is -2.21. The molecule has 0 aliphatic carbocycles. The number of anilines is 1. The molecule has 2 aromatic rings. The third-order valence-electron chi connectivity index (χ3n) is 3.56. The number of ether oxygens (including phenoxy) is 1. The first kappa shape index (κ1) is 15.1. The average molecular weight is 336 g/mol. The summed E-state index contributed by atoms with van der Waals surface area (Å²) in [7, 11) is 0. The minimum Gasteiger partial charge on any atom is -0.448 e. The van der Waals surface area contributed by atoms with Crippen LogP contribution in [-0.4, -0.2) is 24.5 Å². The molecule has 1 amide bonds. The summed E-state index contributed by atoms with van der Waals surface area (Å²) in [5.74, 6) is -0.730. The van der Waals surface area contributed by atoms with Gasteiger partial charge in [0.2, 0.25) is 0 Å². The molecule has 114 valence electrons. The molecule has 22 heavy (non-hydrogen) atoms. The summed E-state index contributed by atoms with van der Waals surface area (Å²) in [6.45, 7) is 2.21. The van der Waals surface area contributed by atoms with Crippen LogP contribution in [0.15, 0.2) is 36.4 Å². The predicted molar refractivity (Wildman–Crippen MR) is 86.7 cm³/mol. The van der Waals surface area contributed by atoms with Crippen molar-refractivity contribution in [2.45, 2.75) is 19.4 Å². The largest absolute Gasteiger partial charge is 0.448 e. The fourth-order valence-electron chi connectivity index (χ4n) is 2.48. The number of rotatable bonds is 3. The molecule has 6 heteroatoms. The van der Waals surface area contributed by atoms with E-state index in [4.69, 9.17) is 16.3 Å². The van der Waals surface area contributed by atoms with Gasteiger partial charge in [-0.1, -0.05) is 29.8 Å². The van der Waals surface area contributed by atoms with Crippen LogP contribution in [-0.2, 0) is 16.0 Å². The van der Waals surface area contributed by atoms with Gasteiger partial charge in [0.15, 0.2) is 6.10 Å². The van der Waals surface area contributed by atoms with Crippen molar-refractivity contribution >= 4 is 40.5 Å². The molecule has 0 bridgehead atoms. The van der Waals surface area contributed by atoms with E-state index in [1.165, 1.54) is 0 Å². The molecule has 1 aliphatic heterocycles. The van der Waals surface area contributed by atoms with Gasteiger partial charge in [-0.3, -0.25) is 4.79 Å². The van der Waals surface area contributed by atoms with Crippen LogP contribution in [0.4, 0.5) is 5.69 Å². The second kappa shape index (κ2) is 6.10. The quantitative estimate of drug-likeness (QED) is 0.806. The molecule has 1 aliphatic rings. The Balaban J connectivity index is 1.69. The SMILES string of the molecule is CC(OC(=O)c1ccc(Cl)s1)C(=O)N1CCc2ccccc21. The minimum atomic E-state index is -0.834. The third-order valence-corrected chi connectivity index (χ3v) is 4.77. The van der Waals surface area contributed by atoms with E-state index in [1.807, 2.05) is 24.3 Å². The Hall–Kier alpha value is -1.85. The van der Waals surface area contributed by atoms with E-state index in [-0.39, 0.29) is 5.91 Å². The lowest BCUT2D eigenvalue weighted by Crippen LogP contribution is -2.39. The molecule has 1 aromatic heterocycles. The maximum Gasteiger partial charge on any atom is 0.349 e. The summed E-state index contributed by atoms with van der Waals surface area (Å²) in [5.41, 5.74) is 2.04. The van der Waals surface area contributed by atoms with E-state index in [0.717, 1.165) is 29.0 Å². The van der Waals surface area contributed by atoms with Crippen molar-refractivity contribution in [2.24, 2.45) is 0 Å². The molecule has 4 nitrogen and oxygen atoms in total. The number of amides is 1. The van der Waals surface area contributed by atoms with Crippen molar-refractivity contribution in [3.05, 3.63) is 51.2 Å². The van der Waals surface area contributed by atoms with Gasteiger partial charge in [-0.05, 0) is 37.1 Å². The predicted octanol–water partition coefficient (Wildman–Crippen LogP) is 3.54. The zero-order valence-electron chi connectivity index (χ0n) is 11.9. The second-order valence-corrected chi connectivity index (χ2v) is 6.73.